The fourth-order valence-corrected chi connectivity index (χ4v) is 1.50. The van der Waals surface area contributed by atoms with Crippen LogP contribution in [-0.4, -0.2) is 29.8 Å². The molecule has 4 nitrogen and oxygen atoms in total. The maximum absolute atomic E-state index is 13.2. The second kappa shape index (κ2) is 5.20. The van der Waals surface area contributed by atoms with Gasteiger partial charge in [0.2, 0.25) is 5.88 Å². The molecule has 0 spiro atoms. The zero-order valence-electron chi connectivity index (χ0n) is 11.0. The lowest BCUT2D eigenvalue weighted by atomic mass is 10.1. The molecule has 2 rings (SSSR count). The number of hydrogen-bond acceptors (Lipinski definition) is 4. The van der Waals surface area contributed by atoms with E-state index in [1.54, 1.807) is 0 Å². The molecule has 0 aliphatic carbocycles. The standard InChI is InChI=1S/C13H19FN2O2/c1-13(2,3)16-5-9-4-10(14)6-15-12(9)18-11-7-17-8-11/h4,6,11,16H,5,7-8H2,1-3H3. The minimum absolute atomic E-state index is 0.0383. The number of ether oxygens (including phenoxy) is 2. The van der Waals surface area contributed by atoms with Crippen LogP contribution in [0.2, 0.25) is 0 Å². The van der Waals surface area contributed by atoms with E-state index in [2.05, 4.69) is 31.1 Å². The van der Waals surface area contributed by atoms with Crippen molar-refractivity contribution < 1.29 is 13.9 Å². The number of aromatic nitrogens is 1. The highest BCUT2D eigenvalue weighted by molar-refractivity contribution is 5.26. The van der Waals surface area contributed by atoms with E-state index in [0.717, 1.165) is 5.56 Å². The van der Waals surface area contributed by atoms with Crippen LogP contribution in [0.1, 0.15) is 26.3 Å². The van der Waals surface area contributed by atoms with Crippen molar-refractivity contribution >= 4 is 0 Å². The molecule has 5 heteroatoms. The van der Waals surface area contributed by atoms with Crippen molar-refractivity contribution in [3.63, 3.8) is 0 Å². The maximum Gasteiger partial charge on any atom is 0.218 e. The smallest absolute Gasteiger partial charge is 0.218 e. The number of pyridine rings is 1. The van der Waals surface area contributed by atoms with Gasteiger partial charge in [-0.2, -0.15) is 0 Å². The average Bonchev–Trinajstić information content (AvgIpc) is 2.21. The van der Waals surface area contributed by atoms with Crippen LogP contribution in [0.3, 0.4) is 0 Å². The maximum atomic E-state index is 13.2. The van der Waals surface area contributed by atoms with E-state index < -0.39 is 0 Å². The fourth-order valence-electron chi connectivity index (χ4n) is 1.50. The zero-order chi connectivity index (χ0) is 13.2. The lowest BCUT2D eigenvalue weighted by molar-refractivity contribution is -0.0817. The predicted molar refractivity (Wildman–Crippen MR) is 66.0 cm³/mol. The van der Waals surface area contributed by atoms with Gasteiger partial charge >= 0.3 is 0 Å². The summed E-state index contributed by atoms with van der Waals surface area (Å²) in [6.45, 7) is 7.84. The van der Waals surface area contributed by atoms with Crippen LogP contribution < -0.4 is 10.1 Å². The van der Waals surface area contributed by atoms with Crippen LogP contribution in [0, 0.1) is 5.82 Å². The van der Waals surface area contributed by atoms with E-state index in [-0.39, 0.29) is 17.5 Å². The molecule has 0 aromatic carbocycles. The van der Waals surface area contributed by atoms with Gasteiger partial charge in [-0.25, -0.2) is 9.37 Å². The first-order chi connectivity index (χ1) is 8.44. The molecule has 1 saturated heterocycles. The summed E-state index contributed by atoms with van der Waals surface area (Å²) >= 11 is 0. The van der Waals surface area contributed by atoms with E-state index in [1.807, 2.05) is 0 Å². The van der Waals surface area contributed by atoms with Crippen LogP contribution in [0.4, 0.5) is 4.39 Å². The Bertz CT molecular complexity index is 414. The summed E-state index contributed by atoms with van der Waals surface area (Å²) in [5.74, 6) is 0.138. The highest BCUT2D eigenvalue weighted by Gasteiger charge is 2.22. The van der Waals surface area contributed by atoms with Gasteiger partial charge < -0.3 is 14.8 Å². The molecule has 0 saturated carbocycles. The van der Waals surface area contributed by atoms with Crippen LogP contribution in [0.15, 0.2) is 12.3 Å². The molecule has 0 radical (unpaired) electrons. The largest absolute Gasteiger partial charge is 0.469 e. The second-order valence-electron chi connectivity index (χ2n) is 5.50. The van der Waals surface area contributed by atoms with Crippen LogP contribution >= 0.6 is 0 Å². The van der Waals surface area contributed by atoms with Gasteiger partial charge in [-0.1, -0.05) is 0 Å². The van der Waals surface area contributed by atoms with Crippen molar-refractivity contribution in [2.24, 2.45) is 0 Å². The quantitative estimate of drug-likeness (QED) is 0.891. The van der Waals surface area contributed by atoms with Gasteiger partial charge in [-0.3, -0.25) is 0 Å². The van der Waals surface area contributed by atoms with Gasteiger partial charge in [0.1, 0.15) is 11.9 Å². The Morgan fingerprint density at radius 1 is 1.50 bits per heavy atom. The van der Waals surface area contributed by atoms with E-state index in [9.17, 15) is 4.39 Å². The summed E-state index contributed by atoms with van der Waals surface area (Å²) in [5, 5.41) is 3.30. The molecule has 1 aliphatic rings. The van der Waals surface area contributed by atoms with Crippen molar-refractivity contribution in [3.05, 3.63) is 23.6 Å². The minimum Gasteiger partial charge on any atom is -0.469 e. The molecule has 100 valence electrons. The number of nitrogens with one attached hydrogen (secondary N) is 1. The van der Waals surface area contributed by atoms with Gasteiger partial charge in [0, 0.05) is 17.6 Å². The molecule has 1 aromatic heterocycles. The monoisotopic (exact) mass is 254 g/mol. The average molecular weight is 254 g/mol. The summed E-state index contributed by atoms with van der Waals surface area (Å²) in [5.41, 5.74) is 0.695. The zero-order valence-corrected chi connectivity index (χ0v) is 11.0. The van der Waals surface area contributed by atoms with E-state index in [1.165, 1.54) is 12.3 Å². The minimum atomic E-state index is -0.349. The Morgan fingerprint density at radius 2 is 2.22 bits per heavy atom. The number of halogens is 1. The summed E-state index contributed by atoms with van der Waals surface area (Å²) < 4.78 is 23.9. The molecule has 0 atom stereocenters. The molecule has 1 aromatic rings. The van der Waals surface area contributed by atoms with Crippen molar-refractivity contribution in [1.29, 1.82) is 0 Å². The molecule has 18 heavy (non-hydrogen) atoms. The third-order valence-corrected chi connectivity index (χ3v) is 2.59. The normalized spacial score (nSPS) is 16.4. The molecule has 0 amide bonds. The Labute approximate surface area is 107 Å². The van der Waals surface area contributed by atoms with Crippen LogP contribution in [-0.2, 0) is 11.3 Å². The Kier molecular flexibility index (Phi) is 3.82. The Morgan fingerprint density at radius 3 is 2.78 bits per heavy atom. The third-order valence-electron chi connectivity index (χ3n) is 2.59. The fraction of sp³-hybridized carbons (Fsp3) is 0.615. The first-order valence-corrected chi connectivity index (χ1v) is 6.08. The Hall–Kier alpha value is -1.20. The van der Waals surface area contributed by atoms with Gasteiger partial charge in [0.25, 0.3) is 0 Å². The molecule has 1 fully saturated rings. The highest BCUT2D eigenvalue weighted by atomic mass is 19.1. The summed E-state index contributed by atoms with van der Waals surface area (Å²) in [4.78, 5) is 4.01. The highest BCUT2D eigenvalue weighted by Crippen LogP contribution is 2.20. The molecular formula is C13H19FN2O2. The SMILES string of the molecule is CC(C)(C)NCc1cc(F)cnc1OC1COC1. The van der Waals surface area contributed by atoms with Crippen molar-refractivity contribution in [3.8, 4) is 5.88 Å². The topological polar surface area (TPSA) is 43.4 Å². The Balaban J connectivity index is 2.07. The molecular weight excluding hydrogens is 235 g/mol. The van der Waals surface area contributed by atoms with Crippen molar-refractivity contribution in [2.75, 3.05) is 13.2 Å². The number of rotatable bonds is 4. The number of nitrogens with zero attached hydrogens (tertiary/aromatic N) is 1. The summed E-state index contributed by atoms with van der Waals surface area (Å²) in [6.07, 6.45) is 1.21. The molecule has 2 heterocycles. The number of hydrogen-bond donors (Lipinski definition) is 1. The predicted octanol–water partition coefficient (Wildman–Crippen LogP) is 1.89. The first-order valence-electron chi connectivity index (χ1n) is 6.08. The van der Waals surface area contributed by atoms with Gasteiger partial charge in [-0.15, -0.1) is 0 Å². The first kappa shape index (κ1) is 13.2. The molecule has 0 bridgehead atoms. The van der Waals surface area contributed by atoms with Gasteiger partial charge in [0.15, 0.2) is 0 Å². The van der Waals surface area contributed by atoms with Gasteiger partial charge in [-0.05, 0) is 26.8 Å². The van der Waals surface area contributed by atoms with Gasteiger partial charge in [0.05, 0.1) is 19.4 Å². The van der Waals surface area contributed by atoms with E-state index in [0.29, 0.717) is 25.6 Å². The van der Waals surface area contributed by atoms with Crippen molar-refractivity contribution in [1.82, 2.24) is 10.3 Å². The van der Waals surface area contributed by atoms with Crippen LogP contribution in [0.5, 0.6) is 5.88 Å². The van der Waals surface area contributed by atoms with E-state index >= 15 is 0 Å². The summed E-state index contributed by atoms with van der Waals surface area (Å²) in [6, 6.07) is 1.46. The van der Waals surface area contributed by atoms with E-state index in [4.69, 9.17) is 9.47 Å². The van der Waals surface area contributed by atoms with Crippen LogP contribution in [0.25, 0.3) is 0 Å². The molecule has 1 aliphatic heterocycles. The second-order valence-corrected chi connectivity index (χ2v) is 5.50. The lowest BCUT2D eigenvalue weighted by Gasteiger charge is -2.27. The molecule has 0 unspecified atom stereocenters. The lowest BCUT2D eigenvalue weighted by Crippen LogP contribution is -2.39. The summed E-state index contributed by atoms with van der Waals surface area (Å²) in [7, 11) is 0. The van der Waals surface area contributed by atoms with Crippen molar-refractivity contribution in [2.45, 2.75) is 39.0 Å². The molecule has 1 N–H and O–H groups in total. The third kappa shape index (κ3) is 3.65.